The second kappa shape index (κ2) is 12.0. The van der Waals surface area contributed by atoms with E-state index < -0.39 is 57.0 Å². The van der Waals surface area contributed by atoms with Gasteiger partial charge in [-0.25, -0.2) is 0 Å². The molecule has 220 valence electrons. The lowest BCUT2D eigenvalue weighted by Crippen LogP contribution is -2.05. The van der Waals surface area contributed by atoms with Crippen LogP contribution in [0, 0.1) is 9.81 Å². The Labute approximate surface area is 240 Å². The molecule has 0 aliphatic carbocycles. The number of phenols is 1. The smallest absolute Gasteiger partial charge is 0.356 e. The molecule has 0 saturated carbocycles. The van der Waals surface area contributed by atoms with Crippen molar-refractivity contribution in [3.05, 3.63) is 70.5 Å². The lowest BCUT2D eigenvalue weighted by atomic mass is 10.1. The number of anilines is 1. The van der Waals surface area contributed by atoms with Gasteiger partial charge in [-0.2, -0.15) is 13.5 Å². The number of aromatic hydroxyl groups is 1. The van der Waals surface area contributed by atoms with Gasteiger partial charge >= 0.3 is 7.60 Å². The zero-order chi connectivity index (χ0) is 31.5. The highest BCUT2D eigenvalue weighted by atomic mass is 32.2. The van der Waals surface area contributed by atoms with Crippen LogP contribution in [0.1, 0.15) is 6.92 Å². The molecule has 0 aliphatic rings. The summed E-state index contributed by atoms with van der Waals surface area (Å²) < 4.78 is 45.5. The predicted octanol–water partition coefficient (Wildman–Crippen LogP) is 6.18. The average molecular weight is 627 g/mol. The van der Waals surface area contributed by atoms with E-state index in [4.69, 9.17) is 0 Å². The van der Waals surface area contributed by atoms with Gasteiger partial charge in [0.1, 0.15) is 33.3 Å². The number of hydrogen-bond donors (Lipinski definition) is 5. The van der Waals surface area contributed by atoms with Crippen molar-refractivity contribution >= 4 is 79.5 Å². The minimum absolute atomic E-state index is 0.00627. The summed E-state index contributed by atoms with van der Waals surface area (Å²) in [7, 11) is -9.56. The minimum atomic E-state index is -4.98. The van der Waals surface area contributed by atoms with E-state index in [9.17, 15) is 47.0 Å². The number of benzene rings is 4. The Morgan fingerprint density at radius 2 is 1.47 bits per heavy atom. The van der Waals surface area contributed by atoms with Crippen molar-refractivity contribution in [2.24, 2.45) is 30.8 Å². The second-order valence-corrected chi connectivity index (χ2v) is 11.6. The molecule has 43 heavy (non-hydrogen) atoms. The van der Waals surface area contributed by atoms with Crippen molar-refractivity contribution in [1.29, 1.82) is 0 Å². The summed E-state index contributed by atoms with van der Waals surface area (Å²) in [6.45, 7) is 1.25. The predicted molar refractivity (Wildman–Crippen MR) is 154 cm³/mol. The highest BCUT2D eigenvalue weighted by Gasteiger charge is 2.23. The third-order valence-corrected chi connectivity index (χ3v) is 7.43. The van der Waals surface area contributed by atoms with Crippen molar-refractivity contribution in [2.75, 3.05) is 5.32 Å². The molecule has 0 fully saturated rings. The molecule has 0 atom stereocenters. The standard InChI is InChI=1S/C24H18N7O10PS/c1-12(32)25-14-6-5-13-7-22(43(39,40)41)23(24(33)17(13)9-14)29-28-19-11-20(30-34)18(10-21(19)31-35)27-26-15-3-2-4-16(8-15)42(36,37)38/h2-11,33H,1H3,(H,25,32)(H2,36,37,38)(H,39,40,41). The molecule has 0 aliphatic heterocycles. The van der Waals surface area contributed by atoms with Gasteiger partial charge < -0.3 is 20.2 Å². The monoisotopic (exact) mass is 627 g/mol. The summed E-state index contributed by atoms with van der Waals surface area (Å²) in [5.41, 5.74) is -2.10. The first-order chi connectivity index (χ1) is 20.2. The number of phenolic OH excluding ortho intramolecular Hbond substituents is 1. The van der Waals surface area contributed by atoms with Gasteiger partial charge in [0.25, 0.3) is 10.1 Å². The van der Waals surface area contributed by atoms with Crippen LogP contribution in [-0.4, -0.2) is 33.8 Å². The van der Waals surface area contributed by atoms with E-state index in [-0.39, 0.29) is 33.1 Å². The molecule has 0 unspecified atom stereocenters. The Morgan fingerprint density at radius 1 is 0.837 bits per heavy atom. The number of azo groups is 2. The van der Waals surface area contributed by atoms with E-state index in [1.165, 1.54) is 43.3 Å². The normalized spacial score (nSPS) is 12.2. The lowest BCUT2D eigenvalue weighted by molar-refractivity contribution is -0.114. The zero-order valence-corrected chi connectivity index (χ0v) is 23.3. The van der Waals surface area contributed by atoms with Crippen LogP contribution in [0.5, 0.6) is 5.75 Å². The number of carbonyl (C=O) groups excluding carboxylic acids is 1. The summed E-state index contributed by atoms with van der Waals surface area (Å²) in [6, 6.07) is 11.9. The van der Waals surface area contributed by atoms with Gasteiger partial charge in [0, 0.05) is 18.0 Å². The number of nitrogens with one attached hydrogen (secondary N) is 1. The first kappa shape index (κ1) is 30.8. The number of fused-ring (bicyclic) bond motifs is 1. The van der Waals surface area contributed by atoms with E-state index in [0.29, 0.717) is 0 Å². The molecule has 1 amide bonds. The first-order valence-electron chi connectivity index (χ1n) is 11.6. The van der Waals surface area contributed by atoms with Crippen LogP contribution in [0.25, 0.3) is 10.8 Å². The molecule has 0 radical (unpaired) electrons. The van der Waals surface area contributed by atoms with Crippen molar-refractivity contribution in [1.82, 2.24) is 0 Å². The van der Waals surface area contributed by atoms with E-state index in [1.54, 1.807) is 0 Å². The second-order valence-electron chi connectivity index (χ2n) is 8.64. The highest BCUT2D eigenvalue weighted by molar-refractivity contribution is 7.86. The summed E-state index contributed by atoms with van der Waals surface area (Å²) >= 11 is 0. The molecule has 4 rings (SSSR count). The Bertz CT molecular complexity index is 2030. The average Bonchev–Trinajstić information content (AvgIpc) is 2.94. The zero-order valence-electron chi connectivity index (χ0n) is 21.6. The topological polar surface area (TPSA) is 270 Å². The number of rotatable bonds is 9. The van der Waals surface area contributed by atoms with Gasteiger partial charge in [-0.15, -0.1) is 25.2 Å². The van der Waals surface area contributed by atoms with Crippen molar-refractivity contribution in [3.63, 3.8) is 0 Å². The Kier molecular flexibility index (Phi) is 8.60. The van der Waals surface area contributed by atoms with E-state index in [0.717, 1.165) is 24.3 Å². The maximum absolute atomic E-state index is 12.1. The number of amides is 1. The van der Waals surface area contributed by atoms with Gasteiger partial charge in [0.15, 0.2) is 5.75 Å². The molecule has 0 aromatic heterocycles. The molecule has 0 heterocycles. The molecule has 17 nitrogen and oxygen atoms in total. The molecule has 4 aromatic carbocycles. The van der Waals surface area contributed by atoms with Gasteiger partial charge in [0.05, 0.1) is 11.0 Å². The molecule has 19 heteroatoms. The first-order valence-corrected chi connectivity index (χ1v) is 14.7. The van der Waals surface area contributed by atoms with E-state index in [1.807, 2.05) is 0 Å². The van der Waals surface area contributed by atoms with Crippen LogP contribution in [0.3, 0.4) is 0 Å². The SMILES string of the molecule is CC(=O)Nc1ccc2cc(S(=O)(=O)O)c(N=Nc3cc(N=O)c(N=Nc4cccc(P(=O)(O)O)c4)cc3N=O)c(O)c2c1. The molecule has 0 bridgehead atoms. The van der Waals surface area contributed by atoms with Crippen LogP contribution in [0.4, 0.5) is 39.8 Å². The van der Waals surface area contributed by atoms with Gasteiger partial charge in [0.2, 0.25) is 5.91 Å². The third-order valence-electron chi connectivity index (χ3n) is 5.62. The van der Waals surface area contributed by atoms with Crippen LogP contribution < -0.4 is 10.6 Å². The van der Waals surface area contributed by atoms with Gasteiger partial charge in [-0.05, 0) is 64.3 Å². The van der Waals surface area contributed by atoms with E-state index >= 15 is 0 Å². The lowest BCUT2D eigenvalue weighted by Gasteiger charge is -2.10. The molecular weight excluding hydrogens is 609 g/mol. The van der Waals surface area contributed by atoms with Crippen molar-refractivity contribution in [3.8, 4) is 5.75 Å². The third kappa shape index (κ3) is 7.03. The fraction of sp³-hybridized carbons (Fsp3) is 0.0417. The summed E-state index contributed by atoms with van der Waals surface area (Å²) in [5, 5.41) is 33.8. The Balaban J connectivity index is 1.80. The maximum atomic E-state index is 12.1. The quantitative estimate of drug-likeness (QED) is 0.0608. The number of hydrogen-bond acceptors (Lipinski definition) is 13. The number of nitrogens with zero attached hydrogens (tertiary/aromatic N) is 6. The minimum Gasteiger partial charge on any atom is -0.505 e. The van der Waals surface area contributed by atoms with Crippen LogP contribution in [0.2, 0.25) is 0 Å². The van der Waals surface area contributed by atoms with Crippen LogP contribution in [-0.2, 0) is 19.5 Å². The highest BCUT2D eigenvalue weighted by Crippen LogP contribution is 2.45. The van der Waals surface area contributed by atoms with Crippen LogP contribution in [0.15, 0.2) is 96.4 Å². The molecule has 0 saturated heterocycles. The van der Waals surface area contributed by atoms with Crippen LogP contribution >= 0.6 is 7.60 Å². The summed E-state index contributed by atoms with van der Waals surface area (Å²) in [6.07, 6.45) is 0. The van der Waals surface area contributed by atoms with Gasteiger partial charge in [-0.1, -0.05) is 12.1 Å². The van der Waals surface area contributed by atoms with Crippen molar-refractivity contribution < 1.29 is 37.2 Å². The van der Waals surface area contributed by atoms with E-state index in [2.05, 4.69) is 36.1 Å². The van der Waals surface area contributed by atoms with Crippen molar-refractivity contribution in [2.45, 2.75) is 11.8 Å². The molecule has 5 N–H and O–H groups in total. The number of carbonyl (C=O) groups is 1. The Hall–Kier alpha value is -5.13. The molecule has 4 aromatic rings. The largest absolute Gasteiger partial charge is 0.505 e. The summed E-state index contributed by atoms with van der Waals surface area (Å²) in [4.78, 5) is 52.3. The Morgan fingerprint density at radius 3 is 2.02 bits per heavy atom. The molecular formula is C24H18N7O10PS. The summed E-state index contributed by atoms with van der Waals surface area (Å²) in [5.74, 6) is -1.17. The number of nitroso groups, excluding NO2 is 2. The fourth-order valence-electron chi connectivity index (χ4n) is 3.73. The fourth-order valence-corrected chi connectivity index (χ4v) is 4.97. The molecule has 0 spiro atoms. The van der Waals surface area contributed by atoms with Gasteiger partial charge in [-0.3, -0.25) is 13.9 Å². The maximum Gasteiger partial charge on any atom is 0.356 e.